The summed E-state index contributed by atoms with van der Waals surface area (Å²) in [5.74, 6) is 3.20. The highest BCUT2D eigenvalue weighted by molar-refractivity contribution is 7.89. The lowest BCUT2D eigenvalue weighted by Gasteiger charge is -2.54. The number of nitrogens with one attached hydrogen (secondary N) is 2. The molecule has 216 valence electrons. The van der Waals surface area contributed by atoms with E-state index < -0.39 is 10.0 Å². The lowest BCUT2D eigenvalue weighted by molar-refractivity contribution is -0.0756. The highest BCUT2D eigenvalue weighted by Crippen LogP contribution is 2.65. The summed E-state index contributed by atoms with van der Waals surface area (Å²) in [6.45, 7) is 7.18. The zero-order valence-electron chi connectivity index (χ0n) is 23.5. The first-order chi connectivity index (χ1) is 18.1. The van der Waals surface area contributed by atoms with Crippen LogP contribution in [0.5, 0.6) is 0 Å². The minimum absolute atomic E-state index is 0.0244. The van der Waals surface area contributed by atoms with Gasteiger partial charge in [-0.1, -0.05) is 25.0 Å². The van der Waals surface area contributed by atoms with Crippen molar-refractivity contribution in [2.24, 2.45) is 58.1 Å². The molecule has 3 saturated carbocycles. The van der Waals surface area contributed by atoms with Gasteiger partial charge in [0.05, 0.1) is 11.7 Å². The van der Waals surface area contributed by atoms with Crippen molar-refractivity contribution >= 4 is 10.0 Å². The fourth-order valence-corrected chi connectivity index (χ4v) is 11.3. The Balaban J connectivity index is 1.24. The molecule has 11 atom stereocenters. The molecule has 1 spiro atoms. The number of fused-ring (bicyclic) bond motifs is 6. The maximum atomic E-state index is 12.1. The van der Waals surface area contributed by atoms with E-state index >= 15 is 0 Å². The molecule has 0 bridgehead atoms. The Kier molecular flexibility index (Phi) is 7.32. The number of rotatable bonds is 5. The van der Waals surface area contributed by atoms with Crippen LogP contribution in [0.15, 0.2) is 11.1 Å². The molecular weight excluding hydrogens is 498 g/mol. The zero-order chi connectivity index (χ0) is 26.9. The number of piperidine rings is 1. The average molecular weight is 550 g/mol. The van der Waals surface area contributed by atoms with Crippen LogP contribution in [-0.2, 0) is 14.8 Å². The fraction of sp³-hybridized carbons (Fsp3) is 0.931. The number of nitrogens with two attached hydrogens (primary N) is 3. The summed E-state index contributed by atoms with van der Waals surface area (Å²) in [6, 6.07) is 0.392. The molecular formula is C29H51N5O3S. The molecule has 6 aliphatic rings. The van der Waals surface area contributed by atoms with Crippen molar-refractivity contribution in [3.8, 4) is 0 Å². The summed E-state index contributed by atoms with van der Waals surface area (Å²) in [4.78, 5) is 0. The molecule has 38 heavy (non-hydrogen) atoms. The summed E-state index contributed by atoms with van der Waals surface area (Å²) in [6.07, 6.45) is 11.1. The van der Waals surface area contributed by atoms with Crippen molar-refractivity contribution in [3.63, 3.8) is 0 Å². The van der Waals surface area contributed by atoms with Gasteiger partial charge in [-0.25, -0.2) is 13.1 Å². The minimum Gasteiger partial charge on any atom is -0.369 e. The smallest absolute Gasteiger partial charge is 0.224 e. The molecule has 0 aromatic heterocycles. The quantitative estimate of drug-likeness (QED) is 0.331. The van der Waals surface area contributed by atoms with E-state index in [0.29, 0.717) is 54.6 Å². The van der Waals surface area contributed by atoms with Gasteiger partial charge in [-0.3, -0.25) is 0 Å². The summed E-state index contributed by atoms with van der Waals surface area (Å²) in [5.41, 5.74) is 21.7. The first kappa shape index (κ1) is 27.6. The normalized spacial score (nSPS) is 48.8. The third kappa shape index (κ3) is 4.43. The Bertz CT molecular complexity index is 1050. The van der Waals surface area contributed by atoms with Crippen LogP contribution in [0.4, 0.5) is 0 Å². The zero-order valence-corrected chi connectivity index (χ0v) is 24.3. The molecule has 0 radical (unpaired) electrons. The van der Waals surface area contributed by atoms with E-state index in [1.165, 1.54) is 31.3 Å². The number of sulfonamides is 1. The minimum atomic E-state index is -3.37. The largest absolute Gasteiger partial charge is 0.369 e. The van der Waals surface area contributed by atoms with E-state index in [2.05, 4.69) is 23.9 Å². The van der Waals surface area contributed by atoms with Crippen LogP contribution in [0.1, 0.15) is 78.1 Å². The van der Waals surface area contributed by atoms with Crippen LogP contribution in [0.25, 0.3) is 0 Å². The number of hydrogen-bond acceptors (Lipinski definition) is 7. The Morgan fingerprint density at radius 1 is 1.11 bits per heavy atom. The van der Waals surface area contributed by atoms with E-state index in [1.807, 2.05) is 0 Å². The monoisotopic (exact) mass is 549 g/mol. The molecule has 8 N–H and O–H groups in total. The van der Waals surface area contributed by atoms with Crippen molar-refractivity contribution in [3.05, 3.63) is 11.1 Å². The predicted octanol–water partition coefficient (Wildman–Crippen LogP) is 2.19. The highest BCUT2D eigenvalue weighted by Gasteiger charge is 2.60. The van der Waals surface area contributed by atoms with Gasteiger partial charge in [0, 0.05) is 24.5 Å². The van der Waals surface area contributed by atoms with Gasteiger partial charge in [0.1, 0.15) is 5.88 Å². The van der Waals surface area contributed by atoms with Gasteiger partial charge >= 0.3 is 0 Å². The van der Waals surface area contributed by atoms with Crippen LogP contribution in [0, 0.1) is 40.9 Å². The number of hydrogen-bond donors (Lipinski definition) is 5. The molecule has 0 unspecified atom stereocenters. The van der Waals surface area contributed by atoms with Crippen LogP contribution in [0.3, 0.4) is 0 Å². The molecule has 9 heteroatoms. The fourth-order valence-electron chi connectivity index (χ4n) is 10.4. The molecule has 2 aliphatic heterocycles. The van der Waals surface area contributed by atoms with E-state index in [4.69, 9.17) is 21.9 Å². The molecule has 6 rings (SSSR count). The molecule has 0 amide bonds. The lowest BCUT2D eigenvalue weighted by Crippen LogP contribution is -2.52. The van der Waals surface area contributed by atoms with Crippen molar-refractivity contribution in [2.75, 3.05) is 25.5 Å². The van der Waals surface area contributed by atoms with Gasteiger partial charge in [0.15, 0.2) is 0 Å². The van der Waals surface area contributed by atoms with Crippen molar-refractivity contribution in [1.82, 2.24) is 10.0 Å². The van der Waals surface area contributed by atoms with Crippen molar-refractivity contribution in [1.29, 1.82) is 0 Å². The van der Waals surface area contributed by atoms with E-state index in [1.54, 1.807) is 5.57 Å². The molecule has 4 aliphatic carbocycles. The summed E-state index contributed by atoms with van der Waals surface area (Å²) in [5, 5.41) is 3.81. The van der Waals surface area contributed by atoms with Gasteiger partial charge in [-0.15, -0.1) is 0 Å². The molecule has 0 aromatic carbocycles. The Morgan fingerprint density at radius 2 is 1.92 bits per heavy atom. The van der Waals surface area contributed by atoms with Gasteiger partial charge in [0.25, 0.3) is 0 Å². The first-order valence-corrected chi connectivity index (χ1v) is 17.0. The van der Waals surface area contributed by atoms with Gasteiger partial charge < -0.3 is 27.3 Å². The van der Waals surface area contributed by atoms with Crippen molar-refractivity contribution in [2.45, 2.75) is 102 Å². The standard InChI is InChI=1S/C29H51N5O3S/c1-17-9-26-27(33-15-17)25(14-31)29(37-26)8-6-21-22-4-3-19-10-20(34-38(35,36)16-32)5-7-28(19,2)24(22)11-23(21)18(12-29)13-30/h17,19-22,24-27,33-34H,3-16,30-32H2,1-2H3/t17-,19+,20+,21-,22-,24-,25+,26+,27-,28-,29-/m0/s1. The predicted molar refractivity (Wildman–Crippen MR) is 150 cm³/mol. The second-order valence-electron chi connectivity index (χ2n) is 14.1. The Morgan fingerprint density at radius 3 is 2.66 bits per heavy atom. The van der Waals surface area contributed by atoms with Gasteiger partial charge in [0.2, 0.25) is 10.0 Å². The molecule has 2 saturated heterocycles. The Labute approximate surface area is 229 Å². The molecule has 8 nitrogen and oxygen atoms in total. The van der Waals surface area contributed by atoms with Crippen LogP contribution < -0.4 is 27.2 Å². The average Bonchev–Trinajstić information content (AvgIpc) is 3.36. The molecule has 2 heterocycles. The maximum Gasteiger partial charge on any atom is 0.224 e. The van der Waals surface area contributed by atoms with Crippen LogP contribution in [-0.4, -0.2) is 57.7 Å². The third-order valence-corrected chi connectivity index (χ3v) is 13.4. The Hall–Kier alpha value is -0.550. The van der Waals surface area contributed by atoms with E-state index in [-0.39, 0.29) is 29.0 Å². The second-order valence-corrected chi connectivity index (χ2v) is 15.9. The highest BCUT2D eigenvalue weighted by atomic mass is 32.2. The third-order valence-electron chi connectivity index (χ3n) is 12.3. The molecule has 5 fully saturated rings. The van der Waals surface area contributed by atoms with E-state index in [0.717, 1.165) is 45.1 Å². The number of ether oxygens (including phenoxy) is 1. The van der Waals surface area contributed by atoms with Crippen molar-refractivity contribution < 1.29 is 13.2 Å². The van der Waals surface area contributed by atoms with Gasteiger partial charge in [-0.05, 0) is 112 Å². The summed E-state index contributed by atoms with van der Waals surface area (Å²) in [7, 11) is -3.37. The van der Waals surface area contributed by atoms with Crippen LogP contribution >= 0.6 is 0 Å². The summed E-state index contributed by atoms with van der Waals surface area (Å²) >= 11 is 0. The van der Waals surface area contributed by atoms with E-state index in [9.17, 15) is 8.42 Å². The summed E-state index contributed by atoms with van der Waals surface area (Å²) < 4.78 is 34.2. The second kappa shape index (κ2) is 10.1. The lowest BCUT2D eigenvalue weighted by atomic mass is 9.52. The SMILES string of the molecule is C[C@@H]1CN[C@H]2[C@@H](CN)[C@@]3(CC[C@@H]4C(=C(CN)C3)C[C@H]3[C@H]4CC[C@@H]4C[C@H](NS(=O)(=O)CN)CC[C@@]43C)O[C@@H]2C1. The molecule has 0 aromatic rings. The maximum absolute atomic E-state index is 12.1. The first-order valence-electron chi connectivity index (χ1n) is 15.3. The topological polar surface area (TPSA) is 145 Å². The van der Waals surface area contributed by atoms with Crippen LogP contribution in [0.2, 0.25) is 0 Å². The van der Waals surface area contributed by atoms with Gasteiger partial charge in [-0.2, -0.15) is 0 Å². The number of allylic oxidation sites excluding steroid dienone is 1.